The van der Waals surface area contributed by atoms with E-state index < -0.39 is 61.4 Å². The Labute approximate surface area is 308 Å². The van der Waals surface area contributed by atoms with E-state index in [-0.39, 0.29) is 43.1 Å². The van der Waals surface area contributed by atoms with E-state index in [1.165, 1.54) is 24.3 Å². The molecule has 18 heteroatoms. The number of hydroxylamine groups is 1. The van der Waals surface area contributed by atoms with Crippen LogP contribution in [-0.2, 0) is 28.8 Å². The monoisotopic (exact) mass is 804 g/mol. The van der Waals surface area contributed by atoms with Crippen LogP contribution in [0.3, 0.4) is 0 Å². The van der Waals surface area contributed by atoms with Gasteiger partial charge in [-0.3, -0.25) is 4.28 Å². The number of unbranched alkanes of at least 4 members (excludes halogenated alkanes) is 10. The molecule has 0 aliphatic heterocycles. The summed E-state index contributed by atoms with van der Waals surface area (Å²) in [6.07, 6.45) is -0.178. The zero-order chi connectivity index (χ0) is 39.4. The van der Waals surface area contributed by atoms with Crippen LogP contribution >= 0.6 is 0 Å². The highest BCUT2D eigenvalue weighted by molar-refractivity contribution is 7.86. The fourth-order valence-electron chi connectivity index (χ4n) is 4.91. The SMILES string of the molecule is CCCCCCCCS(=O)(=O)O/N=C(/c1ccc(OCCCOc2ccc(C(NOS(=O)(=O)CCCCCCCC)C(F)(F)F)cc2)cc1)C(F)(F)F. The zero-order valence-corrected chi connectivity index (χ0v) is 31.6. The second-order valence-corrected chi connectivity index (χ2v) is 15.8. The molecule has 0 aliphatic carbocycles. The van der Waals surface area contributed by atoms with E-state index in [0.29, 0.717) is 19.3 Å². The van der Waals surface area contributed by atoms with E-state index in [1.807, 2.05) is 13.8 Å². The van der Waals surface area contributed by atoms with Crippen LogP contribution in [0.5, 0.6) is 11.5 Å². The topological polar surface area (TPSA) is 130 Å². The molecule has 0 aromatic heterocycles. The predicted octanol–water partition coefficient (Wildman–Crippen LogP) is 9.32. The summed E-state index contributed by atoms with van der Waals surface area (Å²) < 4.78 is 151. The van der Waals surface area contributed by atoms with Crippen molar-refractivity contribution in [3.05, 3.63) is 59.7 Å². The predicted molar refractivity (Wildman–Crippen MR) is 190 cm³/mol. The van der Waals surface area contributed by atoms with Crippen LogP contribution in [0.25, 0.3) is 0 Å². The van der Waals surface area contributed by atoms with Gasteiger partial charge in [-0.25, -0.2) is 0 Å². The van der Waals surface area contributed by atoms with Crippen LogP contribution in [0, 0.1) is 0 Å². The van der Waals surface area contributed by atoms with Gasteiger partial charge in [-0.2, -0.15) is 52.9 Å². The van der Waals surface area contributed by atoms with Gasteiger partial charge in [0, 0.05) is 12.0 Å². The molecule has 2 rings (SSSR count). The fourth-order valence-corrected chi connectivity index (χ4v) is 6.61. The minimum atomic E-state index is -5.00. The maximum atomic E-state index is 13.7. The lowest BCUT2D eigenvalue weighted by Gasteiger charge is -2.21. The Hall–Kier alpha value is -3.09. The van der Waals surface area contributed by atoms with Crippen molar-refractivity contribution in [1.29, 1.82) is 0 Å². The Balaban J connectivity index is 1.84. The third-order valence-electron chi connectivity index (χ3n) is 7.79. The molecule has 1 atom stereocenters. The highest BCUT2D eigenvalue weighted by Gasteiger charge is 2.42. The molecule has 0 amide bonds. The highest BCUT2D eigenvalue weighted by atomic mass is 32.2. The second kappa shape index (κ2) is 23.0. The number of nitrogens with zero attached hydrogens (tertiary/aromatic N) is 1. The summed E-state index contributed by atoms with van der Waals surface area (Å²) in [5.74, 6) is -0.423. The van der Waals surface area contributed by atoms with Gasteiger partial charge in [0.25, 0.3) is 10.1 Å². The van der Waals surface area contributed by atoms with Crippen LogP contribution in [0.15, 0.2) is 53.7 Å². The highest BCUT2D eigenvalue weighted by Crippen LogP contribution is 2.34. The van der Waals surface area contributed by atoms with Crippen molar-refractivity contribution in [2.75, 3.05) is 24.7 Å². The molecule has 1 unspecified atom stereocenters. The second-order valence-electron chi connectivity index (χ2n) is 12.4. The Kier molecular flexibility index (Phi) is 20.0. The molecule has 2 aromatic carbocycles. The minimum absolute atomic E-state index is 0.0715. The number of hydrogen-bond donors (Lipinski definition) is 1. The fraction of sp³-hybridized carbons (Fsp3) is 0.629. The molecule has 53 heavy (non-hydrogen) atoms. The molecule has 2 aromatic rings. The summed E-state index contributed by atoms with van der Waals surface area (Å²) in [7, 11) is -8.54. The number of hydrogen-bond acceptors (Lipinski definition) is 10. The zero-order valence-electron chi connectivity index (χ0n) is 30.0. The summed E-state index contributed by atoms with van der Waals surface area (Å²) >= 11 is 0. The molecular weight excluding hydrogens is 755 g/mol. The van der Waals surface area contributed by atoms with Crippen molar-refractivity contribution in [2.45, 2.75) is 116 Å². The largest absolute Gasteiger partial charge is 0.493 e. The molecule has 302 valence electrons. The normalized spacial score (nSPS) is 13.5. The van der Waals surface area contributed by atoms with Crippen molar-refractivity contribution in [2.24, 2.45) is 5.16 Å². The Morgan fingerprint density at radius 2 is 1.09 bits per heavy atom. The average Bonchev–Trinajstić information content (AvgIpc) is 3.08. The summed E-state index contributed by atoms with van der Waals surface area (Å²) in [5, 5.41) is 2.93. The maximum absolute atomic E-state index is 13.7. The van der Waals surface area contributed by atoms with Gasteiger partial charge >= 0.3 is 22.5 Å². The number of ether oxygens (including phenoxy) is 2. The molecule has 10 nitrogen and oxygen atoms in total. The smallest absolute Gasteiger partial charge is 0.437 e. The molecular formula is C35H50F6N2O8S2. The van der Waals surface area contributed by atoms with Gasteiger partial charge in [0.15, 0.2) is 11.8 Å². The lowest BCUT2D eigenvalue weighted by atomic mass is 10.1. The standard InChI is InChI=1S/C35H50F6N2O8S2/c1-3-5-7-9-11-13-26-52(44,45)50-42-32(34(36,37)38)28-16-20-30(21-17-28)48-24-15-25-49-31-22-18-29(19-23-31)33(35(39,40)41)43-51-53(46,47)27-14-12-10-8-6-4-2/h16-23,32,42H,3-15,24-27H2,1-2H3/b43-33-. The first-order chi connectivity index (χ1) is 25.0. The first-order valence-corrected chi connectivity index (χ1v) is 20.9. The summed E-state index contributed by atoms with van der Waals surface area (Å²) in [5.41, 5.74) is -0.603. The summed E-state index contributed by atoms with van der Waals surface area (Å²) in [6.45, 7) is 4.23. The van der Waals surface area contributed by atoms with Crippen molar-refractivity contribution in [1.82, 2.24) is 5.48 Å². The number of halogens is 6. The van der Waals surface area contributed by atoms with Gasteiger partial charge in [-0.1, -0.05) is 95.3 Å². The van der Waals surface area contributed by atoms with Gasteiger partial charge in [0.2, 0.25) is 0 Å². The van der Waals surface area contributed by atoms with Crippen LogP contribution in [-0.4, -0.2) is 59.6 Å². The van der Waals surface area contributed by atoms with Crippen LogP contribution in [0.1, 0.15) is 114 Å². The van der Waals surface area contributed by atoms with Crippen LogP contribution in [0.2, 0.25) is 0 Å². The van der Waals surface area contributed by atoms with E-state index in [2.05, 4.69) is 13.7 Å². The van der Waals surface area contributed by atoms with E-state index >= 15 is 0 Å². The van der Waals surface area contributed by atoms with Crippen LogP contribution in [0.4, 0.5) is 26.3 Å². The Morgan fingerprint density at radius 1 is 0.642 bits per heavy atom. The Bertz CT molecular complexity index is 1570. The van der Waals surface area contributed by atoms with Crippen molar-refractivity contribution in [3.63, 3.8) is 0 Å². The lowest BCUT2D eigenvalue weighted by molar-refractivity contribution is -0.174. The third kappa shape index (κ3) is 19.2. The quantitative estimate of drug-likeness (QED) is 0.0407. The number of oxime groups is 1. The molecule has 0 bridgehead atoms. The molecule has 0 spiro atoms. The van der Waals surface area contributed by atoms with Gasteiger partial charge in [0.05, 0.1) is 24.7 Å². The van der Waals surface area contributed by atoms with E-state index in [4.69, 9.17) is 9.47 Å². The summed E-state index contributed by atoms with van der Waals surface area (Å²) in [6, 6.07) is 7.00. The number of alkyl halides is 6. The number of rotatable bonds is 27. The molecule has 0 heterocycles. The number of benzene rings is 2. The molecule has 0 radical (unpaired) electrons. The molecule has 0 saturated heterocycles. The van der Waals surface area contributed by atoms with Gasteiger partial charge < -0.3 is 9.47 Å². The molecule has 0 fully saturated rings. The maximum Gasteiger partial charge on any atom is 0.437 e. The van der Waals surface area contributed by atoms with E-state index in [1.54, 1.807) is 5.48 Å². The van der Waals surface area contributed by atoms with Gasteiger partial charge in [-0.15, -0.1) is 0 Å². The van der Waals surface area contributed by atoms with E-state index in [0.717, 1.165) is 75.6 Å². The third-order valence-corrected chi connectivity index (χ3v) is 10.0. The summed E-state index contributed by atoms with van der Waals surface area (Å²) in [4.78, 5) is 0. The number of nitrogens with one attached hydrogen (secondary N) is 1. The average molecular weight is 805 g/mol. The molecule has 0 aliphatic rings. The van der Waals surface area contributed by atoms with Gasteiger partial charge in [-0.05, 0) is 54.8 Å². The Morgan fingerprint density at radius 3 is 1.57 bits per heavy atom. The molecule has 1 N–H and O–H groups in total. The first kappa shape index (κ1) is 46.1. The molecule has 0 saturated carbocycles. The lowest BCUT2D eigenvalue weighted by Crippen LogP contribution is -2.36. The first-order valence-electron chi connectivity index (χ1n) is 17.7. The van der Waals surface area contributed by atoms with E-state index in [9.17, 15) is 43.2 Å². The van der Waals surface area contributed by atoms with Gasteiger partial charge in [0.1, 0.15) is 11.5 Å². The minimum Gasteiger partial charge on any atom is -0.493 e. The van der Waals surface area contributed by atoms with Crippen molar-refractivity contribution in [3.8, 4) is 11.5 Å². The van der Waals surface area contributed by atoms with Crippen molar-refractivity contribution >= 4 is 25.9 Å². The van der Waals surface area contributed by atoms with Crippen LogP contribution < -0.4 is 15.0 Å². The van der Waals surface area contributed by atoms with Crippen molar-refractivity contribution < 1.29 is 61.2 Å².